The van der Waals surface area contributed by atoms with Gasteiger partial charge in [0.25, 0.3) is 0 Å². The molecule has 0 radical (unpaired) electrons. The van der Waals surface area contributed by atoms with Crippen molar-refractivity contribution in [2.24, 2.45) is 17.6 Å². The third-order valence-electron chi connectivity index (χ3n) is 3.10. The van der Waals surface area contributed by atoms with Gasteiger partial charge in [0.1, 0.15) is 5.82 Å². The zero-order valence-corrected chi connectivity index (χ0v) is 13.5. The van der Waals surface area contributed by atoms with Crippen molar-refractivity contribution < 1.29 is 9.18 Å². The number of benzene rings is 1. The molecule has 3 nitrogen and oxygen atoms in total. The van der Waals surface area contributed by atoms with Crippen LogP contribution in [-0.4, -0.2) is 12.5 Å². The monoisotopic (exact) mass is 344 g/mol. The molecule has 0 saturated heterocycles. The van der Waals surface area contributed by atoms with Gasteiger partial charge in [-0.15, -0.1) is 0 Å². The highest BCUT2D eigenvalue weighted by Crippen LogP contribution is 2.16. The molecule has 0 bridgehead atoms. The molecule has 0 aliphatic heterocycles. The molecule has 0 heterocycles. The van der Waals surface area contributed by atoms with Crippen molar-refractivity contribution in [2.45, 2.75) is 33.2 Å². The van der Waals surface area contributed by atoms with Crippen LogP contribution in [0.15, 0.2) is 22.7 Å². The number of carbonyl (C=O) groups is 1. The molecule has 0 spiro atoms. The van der Waals surface area contributed by atoms with E-state index in [4.69, 9.17) is 5.73 Å². The van der Waals surface area contributed by atoms with Crippen LogP contribution in [0.5, 0.6) is 0 Å². The molecule has 1 amide bonds. The average Bonchev–Trinajstić information content (AvgIpc) is 2.38. The number of carbonyl (C=O) groups excluding carboxylic acids is 1. The minimum absolute atomic E-state index is 0.0829. The Bertz CT molecular complexity index is 451. The van der Waals surface area contributed by atoms with E-state index in [0.29, 0.717) is 24.4 Å². The second-order valence-electron chi connectivity index (χ2n) is 5.45. The molecule has 5 heteroatoms. The summed E-state index contributed by atoms with van der Waals surface area (Å²) in [5.41, 5.74) is 6.15. The summed E-state index contributed by atoms with van der Waals surface area (Å²) in [6.45, 7) is 4.91. The molecular weight excluding hydrogens is 323 g/mol. The average molecular weight is 345 g/mol. The first kappa shape index (κ1) is 17.1. The van der Waals surface area contributed by atoms with E-state index in [0.717, 1.165) is 10.9 Å². The Morgan fingerprint density at radius 3 is 2.75 bits per heavy atom. The number of nitrogens with one attached hydrogen (secondary N) is 1. The molecule has 1 aromatic carbocycles. The van der Waals surface area contributed by atoms with Crippen molar-refractivity contribution >= 4 is 21.8 Å². The summed E-state index contributed by atoms with van der Waals surface area (Å²) in [5, 5.41) is 2.75. The minimum atomic E-state index is -0.314. The van der Waals surface area contributed by atoms with Gasteiger partial charge in [-0.25, -0.2) is 4.39 Å². The van der Waals surface area contributed by atoms with Crippen LogP contribution >= 0.6 is 15.9 Å². The molecule has 0 unspecified atom stereocenters. The summed E-state index contributed by atoms with van der Waals surface area (Å²) in [6, 6.07) is 4.69. The van der Waals surface area contributed by atoms with Gasteiger partial charge < -0.3 is 11.1 Å². The highest BCUT2D eigenvalue weighted by molar-refractivity contribution is 9.10. The molecule has 0 aromatic heterocycles. The van der Waals surface area contributed by atoms with E-state index in [-0.39, 0.29) is 24.2 Å². The van der Waals surface area contributed by atoms with Gasteiger partial charge >= 0.3 is 0 Å². The first-order valence-electron chi connectivity index (χ1n) is 6.83. The summed E-state index contributed by atoms with van der Waals surface area (Å²) in [5.74, 6) is 0.299. The maximum absolute atomic E-state index is 13.5. The Morgan fingerprint density at radius 1 is 1.45 bits per heavy atom. The second kappa shape index (κ2) is 8.37. The number of hydrogen-bond acceptors (Lipinski definition) is 2. The summed E-state index contributed by atoms with van der Waals surface area (Å²) < 4.78 is 14.3. The Morgan fingerprint density at radius 2 is 2.15 bits per heavy atom. The lowest BCUT2D eigenvalue weighted by Gasteiger charge is -2.16. The van der Waals surface area contributed by atoms with E-state index in [1.807, 2.05) is 0 Å². The first-order chi connectivity index (χ1) is 9.42. The number of nitrogens with two attached hydrogens (primary N) is 1. The summed E-state index contributed by atoms with van der Waals surface area (Å²) in [6.07, 6.45) is 1.32. The predicted molar refractivity (Wildman–Crippen MR) is 82.6 cm³/mol. The molecule has 1 atom stereocenters. The van der Waals surface area contributed by atoms with Crippen molar-refractivity contribution in [1.29, 1.82) is 0 Å². The largest absolute Gasteiger partial charge is 0.352 e. The van der Waals surface area contributed by atoms with E-state index in [1.165, 1.54) is 6.07 Å². The van der Waals surface area contributed by atoms with Crippen molar-refractivity contribution in [3.8, 4) is 0 Å². The van der Waals surface area contributed by atoms with Crippen LogP contribution in [0, 0.1) is 17.7 Å². The Kier molecular flexibility index (Phi) is 7.16. The zero-order chi connectivity index (χ0) is 15.1. The Labute approximate surface area is 128 Å². The van der Waals surface area contributed by atoms with Gasteiger partial charge in [-0.2, -0.15) is 0 Å². The van der Waals surface area contributed by atoms with Gasteiger partial charge in [0, 0.05) is 23.0 Å². The molecule has 1 rings (SSSR count). The maximum atomic E-state index is 13.5. The lowest BCUT2D eigenvalue weighted by molar-refractivity contribution is -0.122. The van der Waals surface area contributed by atoms with Crippen LogP contribution in [0.1, 0.15) is 32.3 Å². The van der Waals surface area contributed by atoms with Gasteiger partial charge in [0.05, 0.1) is 0 Å². The third kappa shape index (κ3) is 6.01. The van der Waals surface area contributed by atoms with Crippen LogP contribution < -0.4 is 11.1 Å². The van der Waals surface area contributed by atoms with E-state index in [9.17, 15) is 9.18 Å². The minimum Gasteiger partial charge on any atom is -0.352 e. The fourth-order valence-corrected chi connectivity index (χ4v) is 2.55. The highest BCUT2D eigenvalue weighted by Gasteiger charge is 2.14. The SMILES string of the molecule is CC(C)C[C@H](CN)CC(=O)NCc1cc(Br)ccc1F. The van der Waals surface area contributed by atoms with Crippen molar-refractivity contribution in [1.82, 2.24) is 5.32 Å². The van der Waals surface area contributed by atoms with E-state index >= 15 is 0 Å². The number of halogens is 2. The van der Waals surface area contributed by atoms with Crippen LogP contribution in [0.2, 0.25) is 0 Å². The van der Waals surface area contributed by atoms with Crippen LogP contribution in [0.3, 0.4) is 0 Å². The smallest absolute Gasteiger partial charge is 0.220 e. The number of hydrogen-bond donors (Lipinski definition) is 2. The molecule has 1 aromatic rings. The summed E-state index contributed by atoms with van der Waals surface area (Å²) in [4.78, 5) is 11.9. The molecular formula is C15H22BrFN2O. The first-order valence-corrected chi connectivity index (χ1v) is 7.62. The number of rotatable bonds is 7. The molecule has 3 N–H and O–H groups in total. The predicted octanol–water partition coefficient (Wildman–Crippen LogP) is 3.22. The fraction of sp³-hybridized carbons (Fsp3) is 0.533. The summed E-state index contributed by atoms with van der Waals surface area (Å²) in [7, 11) is 0. The maximum Gasteiger partial charge on any atom is 0.220 e. The molecule has 0 fully saturated rings. The van der Waals surface area contributed by atoms with Gasteiger partial charge in [-0.1, -0.05) is 29.8 Å². The second-order valence-corrected chi connectivity index (χ2v) is 6.36. The van der Waals surface area contributed by atoms with E-state index in [2.05, 4.69) is 35.1 Å². The quantitative estimate of drug-likeness (QED) is 0.797. The topological polar surface area (TPSA) is 55.1 Å². The Hall–Kier alpha value is -0.940. The molecule has 0 saturated carbocycles. The standard InChI is InChI=1S/C15H22BrFN2O/c1-10(2)5-11(8-18)6-15(20)19-9-12-7-13(16)3-4-14(12)17/h3-4,7,10-11H,5-6,8-9,18H2,1-2H3,(H,19,20)/t11-/m0/s1. The Balaban J connectivity index is 2.48. The van der Waals surface area contributed by atoms with Crippen LogP contribution in [0.25, 0.3) is 0 Å². The lowest BCUT2D eigenvalue weighted by Crippen LogP contribution is -2.28. The highest BCUT2D eigenvalue weighted by atomic mass is 79.9. The number of amides is 1. The summed E-state index contributed by atoms with van der Waals surface area (Å²) >= 11 is 3.29. The van der Waals surface area contributed by atoms with Crippen molar-refractivity contribution in [3.05, 3.63) is 34.1 Å². The van der Waals surface area contributed by atoms with Gasteiger partial charge in [0.2, 0.25) is 5.91 Å². The van der Waals surface area contributed by atoms with Gasteiger partial charge in [-0.05, 0) is 43.0 Å². The van der Waals surface area contributed by atoms with Gasteiger partial charge in [-0.3, -0.25) is 4.79 Å². The molecule has 20 heavy (non-hydrogen) atoms. The van der Waals surface area contributed by atoms with E-state index in [1.54, 1.807) is 12.1 Å². The van der Waals surface area contributed by atoms with E-state index < -0.39 is 0 Å². The molecule has 0 aliphatic carbocycles. The lowest BCUT2D eigenvalue weighted by atomic mass is 9.94. The normalized spacial score (nSPS) is 12.5. The van der Waals surface area contributed by atoms with Crippen molar-refractivity contribution in [2.75, 3.05) is 6.54 Å². The zero-order valence-electron chi connectivity index (χ0n) is 12.0. The van der Waals surface area contributed by atoms with Crippen molar-refractivity contribution in [3.63, 3.8) is 0 Å². The molecule has 0 aliphatic rings. The van der Waals surface area contributed by atoms with Gasteiger partial charge in [0.15, 0.2) is 0 Å². The third-order valence-corrected chi connectivity index (χ3v) is 3.59. The van der Waals surface area contributed by atoms with Crippen LogP contribution in [-0.2, 0) is 11.3 Å². The fourth-order valence-electron chi connectivity index (χ4n) is 2.14. The molecule has 112 valence electrons. The van der Waals surface area contributed by atoms with Crippen LogP contribution in [0.4, 0.5) is 4.39 Å².